The van der Waals surface area contributed by atoms with E-state index in [1.807, 2.05) is 18.2 Å². The van der Waals surface area contributed by atoms with Crippen LogP contribution in [0.15, 0.2) is 24.4 Å². The Bertz CT molecular complexity index is 469. The largest absolute Gasteiger partial charge is 0.338 e. The summed E-state index contributed by atoms with van der Waals surface area (Å²) in [6, 6.07) is 5.70. The molecule has 0 aromatic carbocycles. The third-order valence-electron chi connectivity index (χ3n) is 2.31. The van der Waals surface area contributed by atoms with Gasteiger partial charge < -0.3 is 4.90 Å². The number of hydrogen-bond acceptors (Lipinski definition) is 5. The van der Waals surface area contributed by atoms with Crippen molar-refractivity contribution in [1.29, 1.82) is 0 Å². The predicted molar refractivity (Wildman–Crippen MR) is 59.1 cm³/mol. The molecule has 0 unspecified atom stereocenters. The maximum absolute atomic E-state index is 11.7. The van der Waals surface area contributed by atoms with Crippen molar-refractivity contribution in [1.82, 2.24) is 30.5 Å². The summed E-state index contributed by atoms with van der Waals surface area (Å²) in [5.74, 6) is -0.178. The number of nitrogens with one attached hydrogen (secondary N) is 1. The lowest BCUT2D eigenvalue weighted by atomic mass is 10.2. The highest BCUT2D eigenvalue weighted by Crippen LogP contribution is 1.99. The first-order chi connectivity index (χ1) is 8.27. The van der Waals surface area contributed by atoms with Crippen molar-refractivity contribution >= 4 is 5.91 Å². The van der Waals surface area contributed by atoms with Crippen LogP contribution in [-0.2, 0) is 6.42 Å². The fourth-order valence-electron chi connectivity index (χ4n) is 1.35. The smallest absolute Gasteiger partial charge is 0.295 e. The van der Waals surface area contributed by atoms with E-state index in [0.717, 1.165) is 5.69 Å². The van der Waals surface area contributed by atoms with Crippen LogP contribution >= 0.6 is 0 Å². The van der Waals surface area contributed by atoms with E-state index in [-0.39, 0.29) is 11.7 Å². The molecule has 1 N–H and O–H groups in total. The molecule has 88 valence electrons. The second-order valence-electron chi connectivity index (χ2n) is 3.53. The lowest BCUT2D eigenvalue weighted by Crippen LogP contribution is -2.29. The number of aromatic nitrogens is 5. The molecule has 0 aliphatic heterocycles. The van der Waals surface area contributed by atoms with Crippen molar-refractivity contribution < 1.29 is 4.79 Å². The van der Waals surface area contributed by atoms with Gasteiger partial charge in [-0.2, -0.15) is 5.21 Å². The zero-order valence-electron chi connectivity index (χ0n) is 9.37. The third-order valence-corrected chi connectivity index (χ3v) is 2.31. The molecule has 2 aromatic heterocycles. The summed E-state index contributed by atoms with van der Waals surface area (Å²) in [5, 5.41) is 12.9. The molecule has 0 atom stereocenters. The van der Waals surface area contributed by atoms with E-state index < -0.39 is 0 Å². The number of amides is 1. The van der Waals surface area contributed by atoms with Gasteiger partial charge in [-0.15, -0.1) is 10.2 Å². The monoisotopic (exact) mass is 232 g/mol. The molecular weight excluding hydrogens is 220 g/mol. The average Bonchev–Trinajstić information content (AvgIpc) is 2.90. The summed E-state index contributed by atoms with van der Waals surface area (Å²) in [6.07, 6.45) is 2.43. The lowest BCUT2D eigenvalue weighted by Gasteiger charge is -2.14. The van der Waals surface area contributed by atoms with E-state index in [9.17, 15) is 4.79 Å². The number of carbonyl (C=O) groups excluding carboxylic acids is 1. The van der Waals surface area contributed by atoms with Crippen LogP contribution in [-0.4, -0.2) is 50.0 Å². The van der Waals surface area contributed by atoms with Crippen molar-refractivity contribution in [3.05, 3.63) is 35.9 Å². The Labute approximate surface area is 97.9 Å². The van der Waals surface area contributed by atoms with Gasteiger partial charge in [0.25, 0.3) is 11.7 Å². The number of nitrogens with zero attached hydrogens (tertiary/aromatic N) is 5. The zero-order valence-corrected chi connectivity index (χ0v) is 9.37. The minimum Gasteiger partial charge on any atom is -0.338 e. The van der Waals surface area contributed by atoms with Gasteiger partial charge in [0, 0.05) is 31.9 Å². The molecule has 2 aromatic rings. The van der Waals surface area contributed by atoms with Gasteiger partial charge in [0.05, 0.1) is 0 Å². The fourth-order valence-corrected chi connectivity index (χ4v) is 1.35. The standard InChI is InChI=1S/C10H12N6O/c1-16(10(17)9-12-14-15-13-9)7-5-8-4-2-3-6-11-8/h2-4,6H,5,7H2,1H3,(H,12,13,14,15). The number of rotatable bonds is 4. The minimum atomic E-state index is -0.255. The summed E-state index contributed by atoms with van der Waals surface area (Å²) in [6.45, 7) is 0.560. The molecule has 2 rings (SSSR count). The van der Waals surface area contributed by atoms with Gasteiger partial charge in [0.1, 0.15) is 0 Å². The topological polar surface area (TPSA) is 87.7 Å². The summed E-state index contributed by atoms with van der Waals surface area (Å²) in [7, 11) is 1.70. The van der Waals surface area contributed by atoms with Gasteiger partial charge in [-0.25, -0.2) is 0 Å². The summed E-state index contributed by atoms with van der Waals surface area (Å²) in [5.41, 5.74) is 0.945. The Morgan fingerprint density at radius 3 is 3.00 bits per heavy atom. The Kier molecular flexibility index (Phi) is 3.39. The molecule has 0 fully saturated rings. The summed E-state index contributed by atoms with van der Waals surface area (Å²) >= 11 is 0. The second kappa shape index (κ2) is 5.15. The van der Waals surface area contributed by atoms with Gasteiger partial charge in [-0.05, 0) is 17.3 Å². The predicted octanol–water partition coefficient (Wildman–Crippen LogP) is -0.0906. The number of H-pyrrole nitrogens is 1. The van der Waals surface area contributed by atoms with Crippen molar-refractivity contribution in [3.63, 3.8) is 0 Å². The van der Waals surface area contributed by atoms with Crippen LogP contribution in [0.4, 0.5) is 0 Å². The maximum Gasteiger partial charge on any atom is 0.295 e. The Balaban J connectivity index is 1.90. The van der Waals surface area contributed by atoms with Crippen molar-refractivity contribution in [2.24, 2.45) is 0 Å². The van der Waals surface area contributed by atoms with Gasteiger partial charge in [-0.3, -0.25) is 9.78 Å². The van der Waals surface area contributed by atoms with Gasteiger partial charge in [0.2, 0.25) is 0 Å². The number of carbonyl (C=O) groups is 1. The molecule has 7 nitrogen and oxygen atoms in total. The van der Waals surface area contributed by atoms with Crippen LogP contribution in [0.25, 0.3) is 0 Å². The average molecular weight is 232 g/mol. The first-order valence-corrected chi connectivity index (χ1v) is 5.16. The highest BCUT2D eigenvalue weighted by Gasteiger charge is 2.15. The van der Waals surface area contributed by atoms with Gasteiger partial charge in [0.15, 0.2) is 0 Å². The van der Waals surface area contributed by atoms with E-state index in [1.165, 1.54) is 0 Å². The van der Waals surface area contributed by atoms with Gasteiger partial charge >= 0.3 is 0 Å². The Morgan fingerprint density at radius 1 is 1.47 bits per heavy atom. The van der Waals surface area contributed by atoms with Gasteiger partial charge in [-0.1, -0.05) is 6.07 Å². The van der Waals surface area contributed by atoms with Crippen LogP contribution in [0.1, 0.15) is 16.3 Å². The van der Waals surface area contributed by atoms with Crippen LogP contribution in [0.5, 0.6) is 0 Å². The molecule has 0 bridgehead atoms. The number of aromatic amines is 1. The molecule has 0 spiro atoms. The minimum absolute atomic E-state index is 0.0773. The maximum atomic E-state index is 11.7. The normalized spacial score (nSPS) is 10.2. The summed E-state index contributed by atoms with van der Waals surface area (Å²) < 4.78 is 0. The second-order valence-corrected chi connectivity index (χ2v) is 3.53. The van der Waals surface area contributed by atoms with E-state index >= 15 is 0 Å². The quantitative estimate of drug-likeness (QED) is 0.795. The third kappa shape index (κ3) is 2.83. The first kappa shape index (κ1) is 11.2. The van der Waals surface area contributed by atoms with E-state index in [0.29, 0.717) is 13.0 Å². The first-order valence-electron chi connectivity index (χ1n) is 5.16. The number of likely N-dealkylation sites (N-methyl/N-ethyl adjacent to an activating group) is 1. The molecule has 0 aliphatic carbocycles. The number of pyridine rings is 1. The highest BCUT2D eigenvalue weighted by atomic mass is 16.2. The van der Waals surface area contributed by atoms with E-state index in [1.54, 1.807) is 18.1 Å². The molecule has 7 heteroatoms. The van der Waals surface area contributed by atoms with E-state index in [2.05, 4.69) is 25.6 Å². The lowest BCUT2D eigenvalue weighted by molar-refractivity contribution is 0.0784. The summed E-state index contributed by atoms with van der Waals surface area (Å²) in [4.78, 5) is 17.5. The SMILES string of the molecule is CN(CCc1ccccn1)C(=O)c1nn[nH]n1. The fraction of sp³-hybridized carbons (Fsp3) is 0.300. The van der Waals surface area contributed by atoms with Crippen molar-refractivity contribution in [2.75, 3.05) is 13.6 Å². The molecule has 17 heavy (non-hydrogen) atoms. The molecule has 0 saturated carbocycles. The van der Waals surface area contributed by atoms with E-state index in [4.69, 9.17) is 0 Å². The molecular formula is C10H12N6O. The van der Waals surface area contributed by atoms with Crippen LogP contribution < -0.4 is 0 Å². The molecule has 0 aliphatic rings. The Morgan fingerprint density at radius 2 is 2.35 bits per heavy atom. The number of tetrazole rings is 1. The molecule has 0 saturated heterocycles. The zero-order chi connectivity index (χ0) is 12.1. The molecule has 0 radical (unpaired) electrons. The van der Waals surface area contributed by atoms with Crippen molar-refractivity contribution in [2.45, 2.75) is 6.42 Å². The van der Waals surface area contributed by atoms with Crippen LogP contribution in [0.2, 0.25) is 0 Å². The van der Waals surface area contributed by atoms with Crippen LogP contribution in [0.3, 0.4) is 0 Å². The number of hydrogen-bond donors (Lipinski definition) is 1. The molecule has 2 heterocycles. The Hall–Kier alpha value is -2.31. The van der Waals surface area contributed by atoms with Crippen molar-refractivity contribution in [3.8, 4) is 0 Å². The van der Waals surface area contributed by atoms with Crippen LogP contribution in [0, 0.1) is 0 Å². The highest BCUT2D eigenvalue weighted by molar-refractivity contribution is 5.89. The molecule has 1 amide bonds.